The van der Waals surface area contributed by atoms with Crippen LogP contribution in [-0.4, -0.2) is 58.0 Å². The van der Waals surface area contributed by atoms with Crippen molar-refractivity contribution in [3.05, 3.63) is 0 Å². The number of aliphatic carboxylic acids is 1. The van der Waals surface area contributed by atoms with Crippen LogP contribution in [0.2, 0.25) is 0 Å². The lowest BCUT2D eigenvalue weighted by atomic mass is 9.98. The number of hydrogen-bond donors (Lipinski definition) is 1. The standard InChI is InChI=1S/C9H13NO5S2/c1-9(2)5(8(12)13)10-6(11)4(7(10)16-9)17(3,14)15/h4-5,7H,1-3H3,(H,12,13)/t4-,5+,7-/m1/s1. The van der Waals surface area contributed by atoms with Crippen LogP contribution in [0.3, 0.4) is 0 Å². The zero-order chi connectivity index (χ0) is 13.2. The molecule has 2 rings (SSSR count). The van der Waals surface area contributed by atoms with Crippen LogP contribution in [0.15, 0.2) is 0 Å². The maximum absolute atomic E-state index is 11.8. The van der Waals surface area contributed by atoms with E-state index in [1.54, 1.807) is 13.8 Å². The molecule has 2 aliphatic heterocycles. The van der Waals surface area contributed by atoms with Crippen LogP contribution in [0.5, 0.6) is 0 Å². The Labute approximate surface area is 103 Å². The van der Waals surface area contributed by atoms with Crippen molar-refractivity contribution in [2.45, 2.75) is 35.3 Å². The van der Waals surface area contributed by atoms with E-state index in [-0.39, 0.29) is 0 Å². The van der Waals surface area contributed by atoms with E-state index in [1.165, 1.54) is 16.7 Å². The molecule has 0 bridgehead atoms. The molecule has 8 heteroatoms. The smallest absolute Gasteiger partial charge is 0.327 e. The van der Waals surface area contributed by atoms with Crippen LogP contribution in [0.1, 0.15) is 13.8 Å². The summed E-state index contributed by atoms with van der Waals surface area (Å²) >= 11 is 1.24. The van der Waals surface area contributed by atoms with Crippen molar-refractivity contribution in [2.24, 2.45) is 0 Å². The Morgan fingerprint density at radius 1 is 1.47 bits per heavy atom. The maximum Gasteiger partial charge on any atom is 0.327 e. The normalized spacial score (nSPS) is 35.4. The summed E-state index contributed by atoms with van der Waals surface area (Å²) in [5.74, 6) is -1.69. The summed E-state index contributed by atoms with van der Waals surface area (Å²) in [7, 11) is -3.47. The molecule has 6 nitrogen and oxygen atoms in total. The van der Waals surface area contributed by atoms with Gasteiger partial charge in [-0.05, 0) is 13.8 Å². The number of rotatable bonds is 2. The highest BCUT2D eigenvalue weighted by molar-refractivity contribution is 8.03. The lowest BCUT2D eigenvalue weighted by Crippen LogP contribution is -2.67. The highest BCUT2D eigenvalue weighted by Crippen LogP contribution is 2.52. The summed E-state index contributed by atoms with van der Waals surface area (Å²) in [6, 6.07) is -0.956. The number of hydrogen-bond acceptors (Lipinski definition) is 5. The molecular weight excluding hydrogens is 266 g/mol. The molecule has 0 aromatic carbocycles. The molecule has 2 heterocycles. The first-order chi connectivity index (χ1) is 7.57. The Kier molecular flexibility index (Phi) is 2.52. The summed E-state index contributed by atoms with van der Waals surface area (Å²) in [6.07, 6.45) is 1.01. The largest absolute Gasteiger partial charge is 0.480 e. The van der Waals surface area contributed by atoms with Gasteiger partial charge in [-0.3, -0.25) is 4.79 Å². The second-order valence-corrected chi connectivity index (χ2v) is 8.79. The molecule has 1 amide bonds. The second-order valence-electron chi connectivity index (χ2n) is 4.85. The van der Waals surface area contributed by atoms with Crippen molar-refractivity contribution >= 4 is 33.5 Å². The first kappa shape index (κ1) is 12.7. The van der Waals surface area contributed by atoms with Crippen LogP contribution < -0.4 is 0 Å². The predicted molar refractivity (Wildman–Crippen MR) is 62.4 cm³/mol. The Hall–Kier alpha value is -0.760. The Bertz CT molecular complexity index is 498. The lowest BCUT2D eigenvalue weighted by molar-refractivity contribution is -0.156. The van der Waals surface area contributed by atoms with Crippen molar-refractivity contribution in [1.29, 1.82) is 0 Å². The molecule has 0 aromatic rings. The number of sulfone groups is 1. The van der Waals surface area contributed by atoms with E-state index in [0.29, 0.717) is 0 Å². The Morgan fingerprint density at radius 3 is 2.41 bits per heavy atom. The third-order valence-electron chi connectivity index (χ3n) is 3.09. The minimum absolute atomic E-state index is 0.561. The van der Waals surface area contributed by atoms with E-state index in [2.05, 4.69) is 0 Å². The van der Waals surface area contributed by atoms with Gasteiger partial charge in [0, 0.05) is 11.0 Å². The fraction of sp³-hybridized carbons (Fsp3) is 0.778. The highest BCUT2D eigenvalue weighted by atomic mass is 32.2. The van der Waals surface area contributed by atoms with Gasteiger partial charge in [0.05, 0.1) is 0 Å². The van der Waals surface area contributed by atoms with Gasteiger partial charge < -0.3 is 10.0 Å². The number of nitrogens with zero attached hydrogens (tertiary/aromatic N) is 1. The van der Waals surface area contributed by atoms with Gasteiger partial charge in [0.1, 0.15) is 11.4 Å². The van der Waals surface area contributed by atoms with E-state index < -0.39 is 43.1 Å². The van der Waals surface area contributed by atoms with E-state index >= 15 is 0 Å². The van der Waals surface area contributed by atoms with Crippen molar-refractivity contribution in [2.75, 3.05) is 6.26 Å². The van der Waals surface area contributed by atoms with Crippen LogP contribution in [0, 0.1) is 0 Å². The molecule has 2 aliphatic rings. The summed E-state index contributed by atoms with van der Waals surface area (Å²) in [5.41, 5.74) is 0. The molecule has 0 aromatic heterocycles. The summed E-state index contributed by atoms with van der Waals surface area (Å²) in [6.45, 7) is 3.42. The molecule has 0 unspecified atom stereocenters. The maximum atomic E-state index is 11.8. The number of carboxylic acids is 1. The van der Waals surface area contributed by atoms with Crippen molar-refractivity contribution in [3.8, 4) is 0 Å². The number of carbonyl (C=O) groups excluding carboxylic acids is 1. The SMILES string of the molecule is CC1(C)S[C@@H]2[C@H](S(C)(=O)=O)C(=O)N2[C@H]1C(=O)O. The number of amides is 1. The van der Waals surface area contributed by atoms with Crippen molar-refractivity contribution in [3.63, 3.8) is 0 Å². The number of thioether (sulfide) groups is 1. The first-order valence-corrected chi connectivity index (χ1v) is 7.82. The average molecular weight is 279 g/mol. The number of carboxylic acid groups (broad SMARTS) is 1. The van der Waals surface area contributed by atoms with Gasteiger partial charge >= 0.3 is 5.97 Å². The minimum Gasteiger partial charge on any atom is -0.480 e. The van der Waals surface area contributed by atoms with Crippen molar-refractivity contribution < 1.29 is 23.1 Å². The fourth-order valence-electron chi connectivity index (χ4n) is 2.37. The molecule has 1 N–H and O–H groups in total. The monoisotopic (exact) mass is 279 g/mol. The molecule has 3 atom stereocenters. The van der Waals surface area contributed by atoms with Gasteiger partial charge in [-0.25, -0.2) is 13.2 Å². The van der Waals surface area contributed by atoms with Gasteiger partial charge in [0.2, 0.25) is 5.91 Å². The highest BCUT2D eigenvalue weighted by Gasteiger charge is 2.66. The average Bonchev–Trinajstić information content (AvgIpc) is 2.31. The quantitative estimate of drug-likeness (QED) is 0.688. The van der Waals surface area contributed by atoms with E-state index in [9.17, 15) is 18.0 Å². The molecule has 0 aliphatic carbocycles. The molecule has 96 valence electrons. The molecule has 2 fully saturated rings. The van der Waals surface area contributed by atoms with Crippen LogP contribution in [-0.2, 0) is 19.4 Å². The van der Waals surface area contributed by atoms with Crippen LogP contribution in [0.4, 0.5) is 0 Å². The van der Waals surface area contributed by atoms with Gasteiger partial charge in [0.25, 0.3) is 0 Å². The van der Waals surface area contributed by atoms with E-state index in [4.69, 9.17) is 5.11 Å². The van der Waals surface area contributed by atoms with Gasteiger partial charge in [-0.2, -0.15) is 0 Å². The minimum atomic E-state index is -3.47. The second kappa shape index (κ2) is 3.38. The summed E-state index contributed by atoms with van der Waals surface area (Å²) < 4.78 is 22.2. The van der Waals surface area contributed by atoms with Gasteiger partial charge in [-0.15, -0.1) is 11.8 Å². The van der Waals surface area contributed by atoms with Crippen molar-refractivity contribution in [1.82, 2.24) is 4.90 Å². The number of fused-ring (bicyclic) bond motifs is 1. The lowest BCUT2D eigenvalue weighted by Gasteiger charge is -2.42. The molecule has 0 spiro atoms. The Morgan fingerprint density at radius 2 is 2.00 bits per heavy atom. The summed E-state index contributed by atoms with van der Waals surface area (Å²) in [5, 5.41) is 7.47. The topological polar surface area (TPSA) is 91.8 Å². The zero-order valence-electron chi connectivity index (χ0n) is 9.58. The fourth-order valence-corrected chi connectivity index (χ4v) is 5.73. The third-order valence-corrected chi connectivity index (χ3v) is 6.21. The first-order valence-electron chi connectivity index (χ1n) is 4.99. The molecule has 0 radical (unpaired) electrons. The van der Waals surface area contributed by atoms with E-state index in [1.807, 2.05) is 0 Å². The zero-order valence-corrected chi connectivity index (χ0v) is 11.2. The number of β-lactam (4-membered cyclic amide) rings is 1. The van der Waals surface area contributed by atoms with Gasteiger partial charge in [-0.1, -0.05) is 0 Å². The van der Waals surface area contributed by atoms with Gasteiger partial charge in [0.15, 0.2) is 15.1 Å². The third kappa shape index (κ3) is 1.65. The van der Waals surface area contributed by atoms with Crippen LogP contribution in [0.25, 0.3) is 0 Å². The Balaban J connectivity index is 2.38. The molecule has 0 saturated carbocycles. The van der Waals surface area contributed by atoms with E-state index in [0.717, 1.165) is 6.26 Å². The molecule has 2 saturated heterocycles. The molecule has 17 heavy (non-hydrogen) atoms. The predicted octanol–water partition coefficient (Wildman–Crippen LogP) is -0.453. The summed E-state index contributed by atoms with van der Waals surface area (Å²) in [4.78, 5) is 24.1. The molecular formula is C9H13NO5S2. The number of carbonyl (C=O) groups is 2. The van der Waals surface area contributed by atoms with Crippen LogP contribution >= 0.6 is 11.8 Å².